The van der Waals surface area contributed by atoms with Crippen LogP contribution in [0.4, 0.5) is 37.8 Å². The van der Waals surface area contributed by atoms with Crippen molar-refractivity contribution in [2.45, 2.75) is 42.3 Å². The van der Waals surface area contributed by atoms with Crippen molar-refractivity contribution >= 4 is 45.3 Å². The van der Waals surface area contributed by atoms with Crippen LogP contribution in [0.15, 0.2) is 37.1 Å². The van der Waals surface area contributed by atoms with E-state index in [9.17, 15) is 51.3 Å². The molecular formula is C23H20F6N8O6. The minimum absolute atomic E-state index is 0.000104. The Hall–Kier alpha value is -4.69. The first-order chi connectivity index (χ1) is 20.1. The average Bonchev–Trinajstić information content (AvgIpc) is 3.64. The number of amides is 2. The number of carbonyl (C=O) groups excluding carboxylic acids is 2. The Morgan fingerprint density at radius 1 is 1.02 bits per heavy atom. The van der Waals surface area contributed by atoms with Gasteiger partial charge in [0.1, 0.15) is 30.2 Å². The number of imidazole rings is 1. The number of aliphatic hydroxyl groups excluding tert-OH is 2. The van der Waals surface area contributed by atoms with Crippen LogP contribution in [0.1, 0.15) is 6.23 Å². The molecule has 1 aromatic carbocycles. The molecule has 1 fully saturated rings. The molecule has 5 rings (SSSR count). The third kappa shape index (κ3) is 4.62. The fraction of sp³-hybridized carbons (Fsp3) is 0.348. The van der Waals surface area contributed by atoms with Gasteiger partial charge in [-0.2, -0.15) is 26.3 Å². The lowest BCUT2D eigenvalue weighted by atomic mass is 10.0. The summed E-state index contributed by atoms with van der Waals surface area (Å²) >= 11 is 0. The van der Waals surface area contributed by atoms with E-state index in [-0.39, 0.29) is 27.8 Å². The summed E-state index contributed by atoms with van der Waals surface area (Å²) in [7, 11) is 0. The van der Waals surface area contributed by atoms with Crippen molar-refractivity contribution < 1.29 is 56.0 Å². The fourth-order valence-corrected chi connectivity index (χ4v) is 4.43. The number of rotatable bonds is 8. The number of carbonyl (C=O) groups is 2. The number of hydrogen-bond donors (Lipinski definition) is 7. The first kappa shape index (κ1) is 29.8. The van der Waals surface area contributed by atoms with Crippen LogP contribution in [0, 0.1) is 0 Å². The van der Waals surface area contributed by atoms with Crippen molar-refractivity contribution in [3.05, 3.63) is 37.1 Å². The Kier molecular flexibility index (Phi) is 7.09. The topological polar surface area (TPSA) is 214 Å². The van der Waals surface area contributed by atoms with E-state index in [4.69, 9.17) is 10.5 Å². The third-order valence-electron chi connectivity index (χ3n) is 6.78. The van der Waals surface area contributed by atoms with Gasteiger partial charge >= 0.3 is 23.7 Å². The molecule has 4 unspecified atom stereocenters. The van der Waals surface area contributed by atoms with Gasteiger partial charge in [0.05, 0.1) is 12.0 Å². The molecule has 4 atom stereocenters. The molecule has 0 saturated carbocycles. The van der Waals surface area contributed by atoms with Crippen LogP contribution >= 0.6 is 0 Å². The van der Waals surface area contributed by atoms with Gasteiger partial charge in [-0.3, -0.25) is 14.2 Å². The number of aromatic hydroxyl groups is 1. The van der Waals surface area contributed by atoms with Crippen molar-refractivity contribution in [1.29, 1.82) is 0 Å². The van der Waals surface area contributed by atoms with E-state index in [1.807, 2.05) is 0 Å². The molecule has 8 N–H and O–H groups in total. The molecule has 0 radical (unpaired) electrons. The lowest BCUT2D eigenvalue weighted by molar-refractivity contribution is -0.285. The van der Waals surface area contributed by atoms with Crippen LogP contribution in [0.25, 0.3) is 21.9 Å². The predicted octanol–water partition coefficient (Wildman–Crippen LogP) is 0.875. The molecule has 0 spiro atoms. The number of alkyl halides is 6. The molecule has 4 aromatic rings. The number of nitrogen functional groups attached to an aromatic ring is 1. The minimum atomic E-state index is -6.56. The Balaban J connectivity index is 1.28. The highest BCUT2D eigenvalue weighted by molar-refractivity contribution is 6.06. The van der Waals surface area contributed by atoms with E-state index in [2.05, 4.69) is 19.9 Å². The Morgan fingerprint density at radius 3 is 2.44 bits per heavy atom. The lowest BCUT2D eigenvalue weighted by Gasteiger charge is -2.31. The molecule has 230 valence electrons. The summed E-state index contributed by atoms with van der Waals surface area (Å²) < 4.78 is 93.8. The Bertz CT molecular complexity index is 1710. The van der Waals surface area contributed by atoms with Crippen LogP contribution < -0.4 is 16.4 Å². The summed E-state index contributed by atoms with van der Waals surface area (Å²) in [6, 6.07) is 3.43. The van der Waals surface area contributed by atoms with Gasteiger partial charge in [0.15, 0.2) is 23.6 Å². The smallest absolute Gasteiger partial charge is 0.393 e. The molecule has 1 aliphatic heterocycles. The molecule has 3 aromatic heterocycles. The Morgan fingerprint density at radius 2 is 1.72 bits per heavy atom. The molecule has 1 aliphatic rings. The van der Waals surface area contributed by atoms with Crippen molar-refractivity contribution in [3.63, 3.8) is 0 Å². The van der Waals surface area contributed by atoms with Gasteiger partial charge in [0, 0.05) is 23.5 Å². The van der Waals surface area contributed by atoms with Crippen LogP contribution in [0.2, 0.25) is 0 Å². The highest BCUT2D eigenvalue weighted by Crippen LogP contribution is 2.47. The fourth-order valence-electron chi connectivity index (χ4n) is 4.43. The summed E-state index contributed by atoms with van der Waals surface area (Å²) in [6.07, 6.45) is -3.66. The zero-order valence-electron chi connectivity index (χ0n) is 21.2. The molecule has 4 heterocycles. The average molecular weight is 618 g/mol. The number of benzene rings is 1. The van der Waals surface area contributed by atoms with E-state index in [0.717, 1.165) is 35.6 Å². The predicted molar refractivity (Wildman–Crippen MR) is 132 cm³/mol. The highest BCUT2D eigenvalue weighted by atomic mass is 19.3. The van der Waals surface area contributed by atoms with E-state index in [1.54, 1.807) is 0 Å². The number of nitrogens with two attached hydrogens (primary N) is 1. The maximum Gasteiger partial charge on any atom is 0.393 e. The van der Waals surface area contributed by atoms with E-state index >= 15 is 0 Å². The molecular weight excluding hydrogens is 598 g/mol. The lowest BCUT2D eigenvalue weighted by Crippen LogP contribution is -2.64. The monoisotopic (exact) mass is 618 g/mol. The number of halogens is 6. The van der Waals surface area contributed by atoms with Crippen LogP contribution in [-0.2, 0) is 14.3 Å². The van der Waals surface area contributed by atoms with Gasteiger partial charge in [-0.05, 0) is 12.1 Å². The number of H-pyrrole nitrogens is 1. The van der Waals surface area contributed by atoms with Crippen LogP contribution in [-0.4, -0.2) is 94.3 Å². The van der Waals surface area contributed by atoms with Gasteiger partial charge in [0.25, 0.3) is 5.91 Å². The summed E-state index contributed by atoms with van der Waals surface area (Å²) in [4.78, 5) is 38.1. The number of hydrogen-bond acceptors (Lipinski definition) is 10. The van der Waals surface area contributed by atoms with Gasteiger partial charge in [0.2, 0.25) is 0 Å². The molecule has 43 heavy (non-hydrogen) atoms. The van der Waals surface area contributed by atoms with Crippen molar-refractivity contribution in [2.24, 2.45) is 0 Å². The quantitative estimate of drug-likeness (QED) is 0.138. The number of nitrogens with one attached hydrogen (secondary N) is 3. The molecule has 14 nitrogen and oxygen atoms in total. The Labute approximate surface area is 234 Å². The second-order valence-corrected chi connectivity index (χ2v) is 9.42. The van der Waals surface area contributed by atoms with Crippen molar-refractivity contribution in [2.75, 3.05) is 17.6 Å². The van der Waals surface area contributed by atoms with Crippen LogP contribution in [0.5, 0.6) is 5.88 Å². The summed E-state index contributed by atoms with van der Waals surface area (Å²) in [6.45, 7) is -1.15. The number of anilines is 2. The van der Waals surface area contributed by atoms with Crippen LogP contribution in [0.3, 0.4) is 0 Å². The zero-order chi connectivity index (χ0) is 31.5. The number of aromatic nitrogens is 5. The molecule has 0 aliphatic carbocycles. The SMILES string of the molecule is Nc1ncnc2c1ncn2C1OC(CNC(=O)C(F)(F)C(F)(F)C(F)(F)C(=O)Nc2cccc3c(O)[nH]cc23)C(O)C1O. The molecule has 20 heteroatoms. The number of ether oxygens (including phenoxy) is 1. The van der Waals surface area contributed by atoms with Crippen molar-refractivity contribution in [1.82, 2.24) is 29.8 Å². The third-order valence-corrected chi connectivity index (χ3v) is 6.78. The summed E-state index contributed by atoms with van der Waals surface area (Å²) in [5.41, 5.74) is 5.27. The zero-order valence-corrected chi connectivity index (χ0v) is 21.2. The second-order valence-electron chi connectivity index (χ2n) is 9.42. The number of aliphatic hydroxyl groups is 2. The van der Waals surface area contributed by atoms with E-state index < -0.39 is 72.2 Å². The normalized spacial score (nSPS) is 21.4. The highest BCUT2D eigenvalue weighted by Gasteiger charge is 2.78. The summed E-state index contributed by atoms with van der Waals surface area (Å²) in [5, 5.41) is 33.0. The summed E-state index contributed by atoms with van der Waals surface area (Å²) in [5.74, 6) is -25.1. The van der Waals surface area contributed by atoms with Crippen molar-refractivity contribution in [3.8, 4) is 5.88 Å². The second kappa shape index (κ2) is 10.2. The largest absolute Gasteiger partial charge is 0.494 e. The number of fused-ring (bicyclic) bond motifs is 2. The van der Waals surface area contributed by atoms with E-state index in [1.165, 1.54) is 16.7 Å². The maximum absolute atomic E-state index is 14.6. The number of aromatic amines is 1. The van der Waals surface area contributed by atoms with Gasteiger partial charge < -0.3 is 41.4 Å². The van der Waals surface area contributed by atoms with E-state index in [0.29, 0.717) is 0 Å². The van der Waals surface area contributed by atoms with Gasteiger partial charge in [-0.25, -0.2) is 15.0 Å². The first-order valence-corrected chi connectivity index (χ1v) is 12.1. The molecule has 0 bridgehead atoms. The van der Waals surface area contributed by atoms with Gasteiger partial charge in [-0.1, -0.05) is 6.07 Å². The molecule has 1 saturated heterocycles. The first-order valence-electron chi connectivity index (χ1n) is 12.1. The number of nitrogens with zero attached hydrogens (tertiary/aromatic N) is 4. The standard InChI is InChI=1S/C23H20F6N8O6/c24-21(25,23(28,29)22(26,27)20(42)36-10-3-1-2-8-9(10)4-31-17(8)40)19(41)32-5-11-13(38)14(39)18(43-11)37-7-35-12-15(30)33-6-34-16(12)37/h1-4,6-7,11,13-14,18,31,38-40H,5H2,(H,32,41)(H,36,42)(H2,30,33,34). The van der Waals surface area contributed by atoms with Gasteiger partial charge in [-0.15, -0.1) is 0 Å². The minimum Gasteiger partial charge on any atom is -0.494 e. The maximum atomic E-state index is 14.6. The molecule has 2 amide bonds.